The maximum atomic E-state index is 12.3. The Morgan fingerprint density at radius 1 is 1.14 bits per heavy atom. The Labute approximate surface area is 131 Å². The van der Waals surface area contributed by atoms with Crippen LogP contribution in [0.2, 0.25) is 0 Å². The molecule has 108 valence electrons. The molecule has 0 amide bonds. The lowest BCUT2D eigenvalue weighted by Crippen LogP contribution is -2.10. The third kappa shape index (κ3) is 3.42. The average Bonchev–Trinajstić information content (AvgIpc) is 2.93. The van der Waals surface area contributed by atoms with Gasteiger partial charge < -0.3 is 0 Å². The molecule has 0 aliphatic rings. The number of thioether (sulfide) groups is 1. The highest BCUT2D eigenvalue weighted by molar-refractivity contribution is 8.00. The van der Waals surface area contributed by atoms with Crippen LogP contribution < -0.4 is 4.98 Å². The Bertz CT molecular complexity index is 812. The summed E-state index contributed by atoms with van der Waals surface area (Å²) in [6.45, 7) is 0. The lowest BCUT2D eigenvalue weighted by atomic mass is 10.3. The summed E-state index contributed by atoms with van der Waals surface area (Å²) in [6, 6.07) is 13.2. The summed E-state index contributed by atoms with van der Waals surface area (Å²) in [7, 11) is -3.32. The molecule has 2 heterocycles. The summed E-state index contributed by atoms with van der Waals surface area (Å²) in [5.41, 5.74) is 0.741. The Morgan fingerprint density at radius 3 is 2.71 bits per heavy atom. The number of fused-ring (bicyclic) bond motifs is 1. The number of sulfone groups is 1. The fourth-order valence-corrected chi connectivity index (χ4v) is 5.69. The van der Waals surface area contributed by atoms with Crippen LogP contribution >= 0.6 is 23.1 Å². The van der Waals surface area contributed by atoms with Crippen molar-refractivity contribution in [3.8, 4) is 0 Å². The fourth-order valence-electron chi connectivity index (χ4n) is 1.80. The second-order valence-electron chi connectivity index (χ2n) is 4.34. The van der Waals surface area contributed by atoms with Gasteiger partial charge >= 0.3 is 0 Å². The molecule has 0 aliphatic heterocycles. The number of H-pyrrole nitrogens is 1. The summed E-state index contributed by atoms with van der Waals surface area (Å²) >= 11 is 2.73. The van der Waals surface area contributed by atoms with Gasteiger partial charge in [0.15, 0.2) is 6.20 Å². The smallest absolute Gasteiger partial charge is 0.225 e. The van der Waals surface area contributed by atoms with Crippen molar-refractivity contribution in [3.05, 3.63) is 48.7 Å². The van der Waals surface area contributed by atoms with Crippen molar-refractivity contribution in [1.29, 1.82) is 0 Å². The maximum Gasteiger partial charge on any atom is 0.238 e. The van der Waals surface area contributed by atoms with Crippen molar-refractivity contribution in [2.75, 3.05) is 11.5 Å². The lowest BCUT2D eigenvalue weighted by Gasteiger charge is -1.98. The predicted molar refractivity (Wildman–Crippen MR) is 85.4 cm³/mol. The second kappa shape index (κ2) is 6.13. The van der Waals surface area contributed by atoms with Gasteiger partial charge in [0.25, 0.3) is 0 Å². The van der Waals surface area contributed by atoms with Gasteiger partial charge in [0.2, 0.25) is 19.2 Å². The van der Waals surface area contributed by atoms with E-state index in [1.165, 1.54) is 23.1 Å². The third-order valence-corrected chi connectivity index (χ3v) is 7.27. The topological polar surface area (TPSA) is 61.2 Å². The van der Waals surface area contributed by atoms with Crippen LogP contribution in [-0.2, 0) is 9.84 Å². The van der Waals surface area contributed by atoms with Gasteiger partial charge in [0.1, 0.15) is 0 Å². The molecule has 3 aromatic rings. The van der Waals surface area contributed by atoms with Crippen molar-refractivity contribution in [2.24, 2.45) is 0 Å². The van der Waals surface area contributed by atoms with E-state index < -0.39 is 9.84 Å². The number of hydrogen-bond donors (Lipinski definition) is 0. The van der Waals surface area contributed by atoms with E-state index in [1.807, 2.05) is 48.7 Å². The number of hydrogen-bond acceptors (Lipinski definition) is 5. The minimum absolute atomic E-state index is 0.0836. The molecular weight excluding hydrogens is 324 g/mol. The van der Waals surface area contributed by atoms with Crippen LogP contribution in [0.1, 0.15) is 0 Å². The van der Waals surface area contributed by atoms with Crippen LogP contribution in [-0.4, -0.2) is 24.9 Å². The van der Waals surface area contributed by atoms with E-state index in [0.29, 0.717) is 5.75 Å². The zero-order valence-corrected chi connectivity index (χ0v) is 13.5. The van der Waals surface area contributed by atoms with Gasteiger partial charge in [-0.05, 0) is 18.2 Å². The van der Waals surface area contributed by atoms with Crippen LogP contribution in [0.4, 0.5) is 0 Å². The largest absolute Gasteiger partial charge is 0.238 e. The minimum atomic E-state index is -3.32. The third-order valence-electron chi connectivity index (χ3n) is 2.83. The molecule has 7 heteroatoms. The molecule has 0 spiro atoms. The van der Waals surface area contributed by atoms with Gasteiger partial charge in [-0.3, -0.25) is 0 Å². The normalized spacial score (nSPS) is 11.8. The van der Waals surface area contributed by atoms with Gasteiger partial charge in [-0.25, -0.2) is 18.4 Å². The molecule has 0 saturated carbocycles. The van der Waals surface area contributed by atoms with Gasteiger partial charge in [0.05, 0.1) is 16.0 Å². The summed E-state index contributed by atoms with van der Waals surface area (Å²) in [5.74, 6) is 0.582. The Morgan fingerprint density at radius 2 is 1.95 bits per heavy atom. The van der Waals surface area contributed by atoms with E-state index >= 15 is 0 Å². The molecule has 0 aliphatic carbocycles. The van der Waals surface area contributed by atoms with Gasteiger partial charge in [-0.1, -0.05) is 23.9 Å². The fraction of sp³-hybridized carbons (Fsp3) is 0.143. The van der Waals surface area contributed by atoms with Gasteiger partial charge in [0, 0.05) is 17.9 Å². The monoisotopic (exact) mass is 337 g/mol. The Kier molecular flexibility index (Phi) is 4.23. The molecule has 0 fully saturated rings. The van der Waals surface area contributed by atoms with Crippen LogP contribution in [0.25, 0.3) is 10.2 Å². The van der Waals surface area contributed by atoms with Crippen molar-refractivity contribution < 1.29 is 13.4 Å². The molecule has 21 heavy (non-hydrogen) atoms. The number of benzene rings is 1. The van der Waals surface area contributed by atoms with Crippen molar-refractivity contribution >= 4 is 43.2 Å². The first-order chi connectivity index (χ1) is 10.1. The van der Waals surface area contributed by atoms with E-state index in [-0.39, 0.29) is 10.1 Å². The Hall–Kier alpha value is -1.44. The highest BCUT2D eigenvalue weighted by Crippen LogP contribution is 2.26. The lowest BCUT2D eigenvalue weighted by molar-refractivity contribution is -0.426. The molecule has 2 aromatic heterocycles. The highest BCUT2D eigenvalue weighted by atomic mass is 32.2. The van der Waals surface area contributed by atoms with Crippen LogP contribution in [0, 0.1) is 0 Å². The molecule has 0 unspecified atom stereocenters. The predicted octanol–water partition coefficient (Wildman–Crippen LogP) is 2.68. The maximum absolute atomic E-state index is 12.3. The first kappa shape index (κ1) is 14.5. The molecule has 1 aromatic carbocycles. The molecule has 0 radical (unpaired) electrons. The van der Waals surface area contributed by atoms with Crippen LogP contribution in [0.5, 0.6) is 0 Å². The SMILES string of the molecule is O=S(=O)(CCSc1cccc[nH+]1)c1nc2ccccc2s1. The number of rotatable bonds is 5. The minimum Gasteiger partial charge on any atom is -0.225 e. The summed E-state index contributed by atoms with van der Waals surface area (Å²) in [4.78, 5) is 7.29. The van der Waals surface area contributed by atoms with Crippen molar-refractivity contribution in [2.45, 2.75) is 9.37 Å². The summed E-state index contributed by atoms with van der Waals surface area (Å²) in [5, 5.41) is 0.956. The van der Waals surface area contributed by atoms with E-state index in [0.717, 1.165) is 15.2 Å². The van der Waals surface area contributed by atoms with E-state index in [1.54, 1.807) is 0 Å². The molecule has 3 rings (SSSR count). The number of pyridine rings is 1. The van der Waals surface area contributed by atoms with Crippen molar-refractivity contribution in [3.63, 3.8) is 0 Å². The molecule has 0 bridgehead atoms. The van der Waals surface area contributed by atoms with E-state index in [9.17, 15) is 8.42 Å². The average molecular weight is 337 g/mol. The summed E-state index contributed by atoms with van der Waals surface area (Å²) < 4.78 is 25.7. The second-order valence-corrected chi connectivity index (χ2v) is 8.79. The number of aromatic amines is 1. The number of aromatic nitrogens is 2. The quantitative estimate of drug-likeness (QED) is 0.672. The zero-order chi connectivity index (χ0) is 14.7. The first-order valence-electron chi connectivity index (χ1n) is 6.33. The molecular formula is C14H13N2O2S3+. The molecule has 0 saturated heterocycles. The van der Waals surface area contributed by atoms with Gasteiger partial charge in [-0.2, -0.15) is 0 Å². The number of para-hydroxylation sites is 1. The molecule has 0 atom stereocenters. The zero-order valence-electron chi connectivity index (χ0n) is 11.0. The number of thiazole rings is 1. The number of nitrogens with one attached hydrogen (secondary N) is 1. The standard InChI is InChI=1S/C14H12N2O2S3/c17-21(18,10-9-19-13-7-3-4-8-15-13)14-16-11-5-1-2-6-12(11)20-14/h1-8H,9-10H2/p+1. The number of nitrogens with zero attached hydrogens (tertiary/aromatic N) is 1. The highest BCUT2D eigenvalue weighted by Gasteiger charge is 2.19. The van der Waals surface area contributed by atoms with Crippen molar-refractivity contribution in [1.82, 2.24) is 4.98 Å². The molecule has 1 N–H and O–H groups in total. The van der Waals surface area contributed by atoms with E-state index in [2.05, 4.69) is 9.97 Å². The Balaban J connectivity index is 1.71. The first-order valence-corrected chi connectivity index (χ1v) is 9.78. The van der Waals surface area contributed by atoms with Gasteiger partial charge in [-0.15, -0.1) is 11.3 Å². The van der Waals surface area contributed by atoms with Crippen LogP contribution in [0.15, 0.2) is 58.0 Å². The van der Waals surface area contributed by atoms with E-state index in [4.69, 9.17) is 0 Å². The molecule has 4 nitrogen and oxygen atoms in total. The summed E-state index contributed by atoms with van der Waals surface area (Å²) in [6.07, 6.45) is 1.82. The van der Waals surface area contributed by atoms with Crippen LogP contribution in [0.3, 0.4) is 0 Å².